The summed E-state index contributed by atoms with van der Waals surface area (Å²) in [4.78, 5) is 22.3. The molecule has 0 saturated heterocycles. The molecular weight excluding hydrogens is 386 g/mol. The SMILES string of the molecule is CCO[Si](CCCOC(=O)NCCOCCC=C(C)C(=O)O)(OCC)OCC. The molecule has 0 aromatic carbocycles. The Morgan fingerprint density at radius 2 is 1.61 bits per heavy atom. The smallest absolute Gasteiger partial charge is 0.478 e. The van der Waals surface area contributed by atoms with E-state index in [0.717, 1.165) is 0 Å². The fourth-order valence-electron chi connectivity index (χ4n) is 2.28. The largest absolute Gasteiger partial charge is 0.501 e. The zero-order chi connectivity index (χ0) is 21.3. The van der Waals surface area contributed by atoms with Crippen molar-refractivity contribution in [3.63, 3.8) is 0 Å². The van der Waals surface area contributed by atoms with E-state index in [0.29, 0.717) is 58.5 Å². The minimum absolute atomic E-state index is 0.244. The zero-order valence-electron chi connectivity index (χ0n) is 17.5. The molecule has 0 spiro atoms. The average Bonchev–Trinajstić information content (AvgIpc) is 2.65. The van der Waals surface area contributed by atoms with Crippen LogP contribution in [-0.4, -0.2) is 72.2 Å². The second-order valence-electron chi connectivity index (χ2n) is 5.74. The molecule has 0 heterocycles. The summed E-state index contributed by atoms with van der Waals surface area (Å²) in [6.07, 6.45) is 2.18. The number of alkyl carbamates (subject to hydrolysis) is 1. The molecule has 0 aliphatic rings. The Bertz CT molecular complexity index is 455. The van der Waals surface area contributed by atoms with Crippen LogP contribution in [0.25, 0.3) is 0 Å². The van der Waals surface area contributed by atoms with E-state index in [1.54, 1.807) is 6.08 Å². The first-order valence-electron chi connectivity index (χ1n) is 9.71. The van der Waals surface area contributed by atoms with E-state index in [1.807, 2.05) is 20.8 Å². The van der Waals surface area contributed by atoms with Gasteiger partial charge in [-0.15, -0.1) is 0 Å². The monoisotopic (exact) mass is 421 g/mol. The molecule has 0 aromatic rings. The van der Waals surface area contributed by atoms with Gasteiger partial charge in [-0.1, -0.05) is 6.08 Å². The predicted octanol–water partition coefficient (Wildman–Crippen LogP) is 2.59. The van der Waals surface area contributed by atoms with Crippen LogP contribution in [0.3, 0.4) is 0 Å². The van der Waals surface area contributed by atoms with E-state index >= 15 is 0 Å². The number of rotatable bonds is 17. The van der Waals surface area contributed by atoms with E-state index in [4.69, 9.17) is 27.9 Å². The maximum Gasteiger partial charge on any atom is 0.501 e. The maximum atomic E-state index is 11.7. The number of carbonyl (C=O) groups is 2. The zero-order valence-corrected chi connectivity index (χ0v) is 18.5. The van der Waals surface area contributed by atoms with Gasteiger partial charge in [-0.25, -0.2) is 9.59 Å². The minimum atomic E-state index is -2.70. The van der Waals surface area contributed by atoms with Gasteiger partial charge < -0.3 is 33.2 Å². The third-order valence-corrected chi connectivity index (χ3v) is 6.67. The molecule has 0 atom stereocenters. The number of aliphatic carboxylic acids is 1. The van der Waals surface area contributed by atoms with Crippen molar-refractivity contribution in [2.75, 3.05) is 46.2 Å². The third-order valence-electron chi connectivity index (χ3n) is 3.52. The highest BCUT2D eigenvalue weighted by Gasteiger charge is 2.39. The van der Waals surface area contributed by atoms with Crippen molar-refractivity contribution >= 4 is 20.9 Å². The van der Waals surface area contributed by atoms with E-state index in [2.05, 4.69) is 5.32 Å². The molecule has 0 rings (SSSR count). The topological polar surface area (TPSA) is 113 Å². The lowest BCUT2D eigenvalue weighted by atomic mass is 10.2. The summed E-state index contributed by atoms with van der Waals surface area (Å²) in [6, 6.07) is 0.586. The number of hydrogen-bond acceptors (Lipinski definition) is 7. The molecule has 10 heteroatoms. The Kier molecular flexibility index (Phi) is 15.6. The first-order valence-corrected chi connectivity index (χ1v) is 11.6. The fourth-order valence-corrected chi connectivity index (χ4v) is 4.86. The van der Waals surface area contributed by atoms with Gasteiger partial charge in [-0.05, 0) is 40.5 Å². The fraction of sp³-hybridized carbons (Fsp3) is 0.778. The summed E-state index contributed by atoms with van der Waals surface area (Å²) in [6.45, 7) is 10.0. The molecule has 0 aliphatic heterocycles. The lowest BCUT2D eigenvalue weighted by Crippen LogP contribution is -2.46. The predicted molar refractivity (Wildman–Crippen MR) is 106 cm³/mol. The molecule has 9 nitrogen and oxygen atoms in total. The molecule has 0 aromatic heterocycles. The number of ether oxygens (including phenoxy) is 2. The number of amides is 1. The molecule has 0 fully saturated rings. The van der Waals surface area contributed by atoms with Crippen molar-refractivity contribution in [3.05, 3.63) is 11.6 Å². The average molecular weight is 422 g/mol. The highest BCUT2D eigenvalue weighted by atomic mass is 28.4. The Morgan fingerprint density at radius 1 is 1.00 bits per heavy atom. The van der Waals surface area contributed by atoms with Gasteiger partial charge in [0.1, 0.15) is 0 Å². The lowest BCUT2D eigenvalue weighted by molar-refractivity contribution is -0.132. The number of nitrogens with one attached hydrogen (secondary N) is 1. The first-order chi connectivity index (χ1) is 13.4. The summed E-state index contributed by atoms with van der Waals surface area (Å²) in [7, 11) is -2.70. The van der Waals surface area contributed by atoms with Gasteiger partial charge in [-0.3, -0.25) is 0 Å². The summed E-state index contributed by atoms with van der Waals surface area (Å²) < 4.78 is 27.7. The van der Waals surface area contributed by atoms with Crippen LogP contribution in [0.5, 0.6) is 0 Å². The number of carboxylic acids is 1. The lowest BCUT2D eigenvalue weighted by Gasteiger charge is -2.28. The molecule has 0 unspecified atom stereocenters. The standard InChI is InChI=1S/C18H35NO8Si/c1-5-25-28(26-6-2,27-7-3)15-9-13-24-18(22)19-11-14-23-12-8-10-16(4)17(20)21/h10H,5-9,11-15H2,1-4H3,(H,19,22)(H,20,21). The molecule has 28 heavy (non-hydrogen) atoms. The van der Waals surface area contributed by atoms with Crippen molar-refractivity contribution in [2.45, 2.75) is 46.6 Å². The normalized spacial score (nSPS) is 12.1. The second-order valence-corrected chi connectivity index (χ2v) is 8.47. The molecule has 1 amide bonds. The third kappa shape index (κ3) is 12.8. The molecule has 164 valence electrons. The minimum Gasteiger partial charge on any atom is -0.478 e. The van der Waals surface area contributed by atoms with Crippen LogP contribution in [0, 0.1) is 0 Å². The Morgan fingerprint density at radius 3 is 2.14 bits per heavy atom. The molecule has 0 radical (unpaired) electrons. The van der Waals surface area contributed by atoms with E-state index in [9.17, 15) is 9.59 Å². The van der Waals surface area contributed by atoms with Crippen molar-refractivity contribution in [3.8, 4) is 0 Å². The van der Waals surface area contributed by atoms with Crippen LogP contribution >= 0.6 is 0 Å². The van der Waals surface area contributed by atoms with Crippen molar-refractivity contribution in [2.24, 2.45) is 0 Å². The van der Waals surface area contributed by atoms with Crippen molar-refractivity contribution in [1.29, 1.82) is 0 Å². The van der Waals surface area contributed by atoms with E-state index in [1.165, 1.54) is 6.92 Å². The summed E-state index contributed by atoms with van der Waals surface area (Å²) in [5.74, 6) is -0.937. The summed E-state index contributed by atoms with van der Waals surface area (Å²) >= 11 is 0. The highest BCUT2D eigenvalue weighted by Crippen LogP contribution is 2.18. The van der Waals surface area contributed by atoms with Crippen LogP contribution in [0.15, 0.2) is 11.6 Å². The molecule has 0 aliphatic carbocycles. The van der Waals surface area contributed by atoms with Gasteiger partial charge in [0.15, 0.2) is 0 Å². The van der Waals surface area contributed by atoms with E-state index < -0.39 is 20.9 Å². The van der Waals surface area contributed by atoms with Crippen molar-refractivity contribution in [1.82, 2.24) is 5.32 Å². The molecule has 2 N–H and O–H groups in total. The van der Waals surface area contributed by atoms with Crippen LogP contribution in [0.2, 0.25) is 6.04 Å². The van der Waals surface area contributed by atoms with Gasteiger partial charge in [0.05, 0.1) is 19.8 Å². The van der Waals surface area contributed by atoms with Gasteiger partial charge in [0.2, 0.25) is 0 Å². The number of carboxylic acid groups (broad SMARTS) is 1. The van der Waals surface area contributed by atoms with Crippen molar-refractivity contribution < 1.29 is 37.4 Å². The van der Waals surface area contributed by atoms with Gasteiger partial charge in [0, 0.05) is 38.0 Å². The molecule has 0 saturated carbocycles. The van der Waals surface area contributed by atoms with Crippen LogP contribution < -0.4 is 5.32 Å². The molecule has 0 bridgehead atoms. The quantitative estimate of drug-likeness (QED) is 0.209. The number of carbonyl (C=O) groups excluding carboxylic acids is 1. The van der Waals surface area contributed by atoms with Crippen LogP contribution in [0.4, 0.5) is 4.79 Å². The Balaban J connectivity index is 3.88. The second kappa shape index (κ2) is 16.5. The Hall–Kier alpha value is -1.46. The first kappa shape index (κ1) is 26.5. The van der Waals surface area contributed by atoms with Gasteiger partial charge >= 0.3 is 20.9 Å². The summed E-state index contributed by atoms with van der Waals surface area (Å²) in [5, 5.41) is 11.3. The van der Waals surface area contributed by atoms with E-state index in [-0.39, 0.29) is 12.2 Å². The molecular formula is C18H35NO8Si. The number of hydrogen-bond donors (Lipinski definition) is 2. The van der Waals surface area contributed by atoms with Gasteiger partial charge in [0.25, 0.3) is 0 Å². The summed E-state index contributed by atoms with van der Waals surface area (Å²) in [5.41, 5.74) is 0.287. The van der Waals surface area contributed by atoms with Crippen LogP contribution in [-0.2, 0) is 27.5 Å². The highest BCUT2D eigenvalue weighted by molar-refractivity contribution is 6.60. The van der Waals surface area contributed by atoms with Crippen LogP contribution in [0.1, 0.15) is 40.5 Å². The van der Waals surface area contributed by atoms with Gasteiger partial charge in [-0.2, -0.15) is 0 Å². The Labute approximate surface area is 168 Å². The maximum absolute atomic E-state index is 11.7.